The number of para-hydroxylation sites is 1. The zero-order valence-corrected chi connectivity index (χ0v) is 9.39. The lowest BCUT2D eigenvalue weighted by Gasteiger charge is -2.22. The fourth-order valence-corrected chi connectivity index (χ4v) is 3.13. The van der Waals surface area contributed by atoms with Crippen LogP contribution in [0.1, 0.15) is 6.92 Å². The number of carbonyl (C=O) groups excluding carboxylic acids is 1. The van der Waals surface area contributed by atoms with E-state index in [2.05, 4.69) is 5.32 Å². The van der Waals surface area contributed by atoms with Crippen LogP contribution in [0.25, 0.3) is 0 Å². The third-order valence-electron chi connectivity index (χ3n) is 2.36. The lowest BCUT2D eigenvalue weighted by molar-refractivity contribution is -0.115. The van der Waals surface area contributed by atoms with Crippen LogP contribution >= 0.6 is 11.6 Å². The van der Waals surface area contributed by atoms with Gasteiger partial charge >= 0.3 is 0 Å². The summed E-state index contributed by atoms with van der Waals surface area (Å²) in [6.45, 7) is 1.36. The molecule has 1 amide bonds. The summed E-state index contributed by atoms with van der Waals surface area (Å²) in [6, 6.07) is 4.52. The van der Waals surface area contributed by atoms with Gasteiger partial charge in [-0.3, -0.25) is 4.79 Å². The number of sulfone groups is 1. The fraction of sp³-hybridized carbons (Fsp3) is 0.222. The highest BCUT2D eigenvalue weighted by Crippen LogP contribution is 2.35. The van der Waals surface area contributed by atoms with Gasteiger partial charge in [0.05, 0.1) is 15.6 Å². The molecule has 1 unspecified atom stereocenters. The summed E-state index contributed by atoms with van der Waals surface area (Å²) >= 11 is 5.80. The van der Waals surface area contributed by atoms with Gasteiger partial charge in [0.25, 0.3) is 0 Å². The first kappa shape index (κ1) is 10.4. The van der Waals surface area contributed by atoms with Gasteiger partial charge in [0.1, 0.15) is 5.25 Å². The highest BCUT2D eigenvalue weighted by Gasteiger charge is 2.37. The van der Waals surface area contributed by atoms with E-state index in [9.17, 15) is 13.2 Å². The second kappa shape index (κ2) is 3.21. The van der Waals surface area contributed by atoms with Crippen LogP contribution in [0, 0.1) is 0 Å². The highest BCUT2D eigenvalue weighted by atomic mass is 35.5. The maximum atomic E-state index is 11.8. The lowest BCUT2D eigenvalue weighted by Crippen LogP contribution is -2.37. The molecule has 1 aromatic carbocycles. The van der Waals surface area contributed by atoms with E-state index in [1.807, 2.05) is 0 Å². The Bertz CT molecular complexity index is 538. The molecule has 2 rings (SSSR count). The average molecular weight is 246 g/mol. The number of benzene rings is 1. The van der Waals surface area contributed by atoms with Gasteiger partial charge in [-0.25, -0.2) is 8.42 Å². The Morgan fingerprint density at radius 2 is 2.07 bits per heavy atom. The van der Waals surface area contributed by atoms with E-state index in [1.54, 1.807) is 6.07 Å². The second-order valence-electron chi connectivity index (χ2n) is 3.29. The van der Waals surface area contributed by atoms with Gasteiger partial charge in [-0.05, 0) is 19.1 Å². The molecular formula is C9H8ClNO3S. The van der Waals surface area contributed by atoms with E-state index in [1.165, 1.54) is 19.1 Å². The number of nitrogens with one attached hydrogen (secondary N) is 1. The summed E-state index contributed by atoms with van der Waals surface area (Å²) in [5.41, 5.74) is 0.183. The minimum Gasteiger partial charge on any atom is -0.323 e. The third kappa shape index (κ3) is 1.42. The van der Waals surface area contributed by atoms with Crippen molar-refractivity contribution in [3.63, 3.8) is 0 Å². The molecule has 0 fully saturated rings. The summed E-state index contributed by atoms with van der Waals surface area (Å²) < 4.78 is 23.7. The monoisotopic (exact) mass is 245 g/mol. The molecule has 0 bridgehead atoms. The highest BCUT2D eigenvalue weighted by molar-refractivity contribution is 7.93. The van der Waals surface area contributed by atoms with Gasteiger partial charge in [-0.2, -0.15) is 0 Å². The second-order valence-corrected chi connectivity index (χ2v) is 5.93. The van der Waals surface area contributed by atoms with Crippen LogP contribution in [0.15, 0.2) is 23.1 Å². The summed E-state index contributed by atoms with van der Waals surface area (Å²) in [7, 11) is -3.59. The van der Waals surface area contributed by atoms with Gasteiger partial charge in [-0.1, -0.05) is 17.7 Å². The molecule has 1 aromatic rings. The van der Waals surface area contributed by atoms with Gasteiger partial charge in [0, 0.05) is 0 Å². The molecule has 0 spiro atoms. The largest absolute Gasteiger partial charge is 0.323 e. The van der Waals surface area contributed by atoms with Gasteiger partial charge < -0.3 is 5.32 Å². The Hall–Kier alpha value is -1.07. The first-order valence-corrected chi connectivity index (χ1v) is 6.20. The zero-order valence-electron chi connectivity index (χ0n) is 7.82. The molecule has 4 nitrogen and oxygen atoms in total. The van der Waals surface area contributed by atoms with Gasteiger partial charge in [-0.15, -0.1) is 0 Å². The number of carbonyl (C=O) groups is 1. The minimum absolute atomic E-state index is 0.0853. The number of halogens is 1. The minimum atomic E-state index is -3.59. The van der Waals surface area contributed by atoms with Gasteiger partial charge in [0.2, 0.25) is 5.91 Å². The Balaban J connectivity index is 2.78. The number of rotatable bonds is 0. The number of anilines is 1. The molecule has 1 aliphatic heterocycles. The van der Waals surface area contributed by atoms with Gasteiger partial charge in [0.15, 0.2) is 9.84 Å². The third-order valence-corrected chi connectivity index (χ3v) is 4.78. The molecule has 15 heavy (non-hydrogen) atoms. The van der Waals surface area contributed by atoms with Crippen LogP contribution in [0.5, 0.6) is 0 Å². The van der Waals surface area contributed by atoms with E-state index in [0.29, 0.717) is 0 Å². The molecule has 80 valence electrons. The van der Waals surface area contributed by atoms with Crippen molar-refractivity contribution in [2.45, 2.75) is 17.1 Å². The van der Waals surface area contributed by atoms with Crippen molar-refractivity contribution in [1.82, 2.24) is 0 Å². The molecule has 6 heteroatoms. The van der Waals surface area contributed by atoms with Crippen LogP contribution < -0.4 is 5.32 Å². The Morgan fingerprint density at radius 3 is 2.73 bits per heavy atom. The molecule has 1 N–H and O–H groups in total. The smallest absolute Gasteiger partial charge is 0.242 e. The van der Waals surface area contributed by atoms with Crippen molar-refractivity contribution >= 4 is 33.0 Å². The van der Waals surface area contributed by atoms with Crippen molar-refractivity contribution in [1.29, 1.82) is 0 Å². The van der Waals surface area contributed by atoms with E-state index in [-0.39, 0.29) is 15.6 Å². The zero-order chi connectivity index (χ0) is 11.2. The molecule has 0 radical (unpaired) electrons. The van der Waals surface area contributed by atoms with Crippen molar-refractivity contribution < 1.29 is 13.2 Å². The summed E-state index contributed by atoms with van der Waals surface area (Å²) in [6.07, 6.45) is 0. The summed E-state index contributed by atoms with van der Waals surface area (Å²) in [4.78, 5) is 11.5. The number of hydrogen-bond donors (Lipinski definition) is 1. The Kier molecular flexibility index (Phi) is 2.24. The first-order chi connectivity index (χ1) is 6.94. The van der Waals surface area contributed by atoms with Crippen molar-refractivity contribution in [2.75, 3.05) is 5.32 Å². The molecule has 1 atom stereocenters. The average Bonchev–Trinajstić information content (AvgIpc) is 2.17. The topological polar surface area (TPSA) is 63.2 Å². The standard InChI is InChI=1S/C9H8ClNO3S/c1-5-9(12)11-8-6(10)3-2-4-7(8)15(5,13)14/h2-5H,1H3,(H,11,12). The molecule has 0 saturated carbocycles. The van der Waals surface area contributed by atoms with E-state index in [0.717, 1.165) is 0 Å². The SMILES string of the molecule is CC1C(=O)Nc2c(Cl)cccc2S1(=O)=O. The maximum Gasteiger partial charge on any atom is 0.242 e. The summed E-state index contributed by atoms with van der Waals surface area (Å²) in [5, 5.41) is 1.65. The van der Waals surface area contributed by atoms with Crippen LogP contribution in [0.3, 0.4) is 0 Å². The molecular weight excluding hydrogens is 238 g/mol. The molecule has 1 heterocycles. The van der Waals surface area contributed by atoms with Crippen LogP contribution in [-0.2, 0) is 14.6 Å². The normalized spacial score (nSPS) is 23.1. The Labute approximate surface area is 92.2 Å². The number of amides is 1. The Morgan fingerprint density at radius 1 is 1.40 bits per heavy atom. The van der Waals surface area contributed by atoms with E-state index in [4.69, 9.17) is 11.6 Å². The van der Waals surface area contributed by atoms with Crippen molar-refractivity contribution in [2.24, 2.45) is 0 Å². The van der Waals surface area contributed by atoms with Crippen LogP contribution in [0.4, 0.5) is 5.69 Å². The van der Waals surface area contributed by atoms with Crippen LogP contribution in [0.2, 0.25) is 5.02 Å². The van der Waals surface area contributed by atoms with Crippen molar-refractivity contribution in [3.8, 4) is 0 Å². The first-order valence-electron chi connectivity index (χ1n) is 4.28. The fourth-order valence-electron chi connectivity index (χ4n) is 1.42. The van der Waals surface area contributed by atoms with Crippen molar-refractivity contribution in [3.05, 3.63) is 23.2 Å². The summed E-state index contributed by atoms with van der Waals surface area (Å²) in [5.74, 6) is -0.546. The quantitative estimate of drug-likeness (QED) is 0.753. The van der Waals surface area contributed by atoms with E-state index < -0.39 is 21.0 Å². The molecule has 1 aliphatic rings. The lowest BCUT2D eigenvalue weighted by atomic mass is 10.3. The van der Waals surface area contributed by atoms with Crippen LogP contribution in [-0.4, -0.2) is 19.6 Å². The predicted molar refractivity (Wildman–Crippen MR) is 56.7 cm³/mol. The molecule has 0 aliphatic carbocycles. The molecule has 0 aromatic heterocycles. The van der Waals surface area contributed by atoms with E-state index >= 15 is 0 Å². The molecule has 0 saturated heterocycles. The predicted octanol–water partition coefficient (Wildman–Crippen LogP) is 1.45. The number of fused-ring (bicyclic) bond motifs is 1. The number of hydrogen-bond acceptors (Lipinski definition) is 3. The maximum absolute atomic E-state index is 11.8.